The fraction of sp³-hybridized carbons (Fsp3) is 0.400. The number of rotatable bonds is 6. The van der Waals surface area contributed by atoms with E-state index in [1.807, 2.05) is 35.6 Å². The smallest absolute Gasteiger partial charge is 0.236 e. The highest BCUT2D eigenvalue weighted by molar-refractivity contribution is 6.05. The largest absolute Gasteiger partial charge is 0.493 e. The van der Waals surface area contributed by atoms with Gasteiger partial charge >= 0.3 is 0 Å². The Bertz CT molecular complexity index is 1470. The van der Waals surface area contributed by atoms with Crippen molar-refractivity contribution in [1.29, 1.82) is 5.26 Å². The van der Waals surface area contributed by atoms with Crippen molar-refractivity contribution in [3.05, 3.63) is 66.1 Å². The van der Waals surface area contributed by atoms with Gasteiger partial charge in [-0.2, -0.15) is 5.26 Å². The zero-order chi connectivity index (χ0) is 25.9. The molecule has 1 atom stereocenters. The molecule has 4 aromatic rings. The number of hydrogen-bond acceptors (Lipinski definition) is 6. The average Bonchev–Trinajstić information content (AvgIpc) is 3.46. The van der Waals surface area contributed by atoms with E-state index in [1.165, 1.54) is 10.9 Å². The summed E-state index contributed by atoms with van der Waals surface area (Å²) in [5, 5.41) is 11.3. The van der Waals surface area contributed by atoms with E-state index in [-0.39, 0.29) is 5.91 Å². The number of carbonyl (C=O) groups is 1. The highest BCUT2D eigenvalue weighted by atomic mass is 16.5. The summed E-state index contributed by atoms with van der Waals surface area (Å²) in [7, 11) is 0. The molecule has 0 saturated carbocycles. The van der Waals surface area contributed by atoms with Gasteiger partial charge in [0.2, 0.25) is 5.91 Å². The monoisotopic (exact) mass is 508 g/mol. The number of ether oxygens (including phenoxy) is 1. The topological polar surface area (TPSA) is 98.1 Å². The third kappa shape index (κ3) is 5.07. The molecule has 2 aliphatic rings. The van der Waals surface area contributed by atoms with Gasteiger partial charge in [-0.05, 0) is 86.7 Å². The van der Waals surface area contributed by atoms with Gasteiger partial charge in [-0.1, -0.05) is 0 Å². The Labute approximate surface area is 222 Å². The van der Waals surface area contributed by atoms with Crippen LogP contribution >= 0.6 is 0 Å². The quantitative estimate of drug-likeness (QED) is 0.412. The van der Waals surface area contributed by atoms with Crippen LogP contribution in [0.15, 0.2) is 55.0 Å². The molecule has 1 aromatic carbocycles. The number of aromatic amines is 1. The molecule has 2 saturated heterocycles. The first-order valence-corrected chi connectivity index (χ1v) is 13.5. The summed E-state index contributed by atoms with van der Waals surface area (Å²) >= 11 is 0. The minimum Gasteiger partial charge on any atom is -0.493 e. The van der Waals surface area contributed by atoms with Gasteiger partial charge in [0.15, 0.2) is 5.65 Å². The number of nitrogens with zero attached hydrogens (tertiary/aromatic N) is 5. The van der Waals surface area contributed by atoms with Gasteiger partial charge in [0.05, 0.1) is 36.5 Å². The molecule has 2 aliphatic heterocycles. The second kappa shape index (κ2) is 10.8. The molecule has 0 bridgehead atoms. The second-order valence-corrected chi connectivity index (χ2v) is 10.5. The first kappa shape index (κ1) is 24.4. The molecule has 3 aromatic heterocycles. The molecule has 2 fully saturated rings. The number of nitrogens with one attached hydrogen (secondary N) is 1. The van der Waals surface area contributed by atoms with Gasteiger partial charge in [-0.25, -0.2) is 9.97 Å². The van der Waals surface area contributed by atoms with Crippen LogP contribution < -0.4 is 4.74 Å². The Hall–Kier alpha value is -3.96. The van der Waals surface area contributed by atoms with Gasteiger partial charge < -0.3 is 14.6 Å². The highest BCUT2D eigenvalue weighted by Gasteiger charge is 2.28. The van der Waals surface area contributed by atoms with E-state index in [9.17, 15) is 4.79 Å². The number of benzene rings is 1. The predicted molar refractivity (Wildman–Crippen MR) is 146 cm³/mol. The number of piperidine rings is 2. The third-order valence-corrected chi connectivity index (χ3v) is 8.05. The SMILES string of the molecule is N#Cc1ccc(OCC2CCCN(C(=O)CN3CCC(c4cc[nH]c5cnc6nccc6c45)CC3)C2)cc1. The normalized spacial score (nSPS) is 19.0. The van der Waals surface area contributed by atoms with Gasteiger partial charge in [0.1, 0.15) is 5.75 Å². The van der Waals surface area contributed by atoms with Gasteiger partial charge in [-0.3, -0.25) is 9.69 Å². The van der Waals surface area contributed by atoms with Crippen molar-refractivity contribution in [2.24, 2.45) is 5.92 Å². The first-order valence-electron chi connectivity index (χ1n) is 13.5. The maximum Gasteiger partial charge on any atom is 0.236 e. The summed E-state index contributed by atoms with van der Waals surface area (Å²) in [6.07, 6.45) is 9.85. The van der Waals surface area contributed by atoms with Gasteiger partial charge in [0.25, 0.3) is 0 Å². The van der Waals surface area contributed by atoms with E-state index >= 15 is 0 Å². The fourth-order valence-corrected chi connectivity index (χ4v) is 5.99. The molecule has 8 nitrogen and oxygen atoms in total. The van der Waals surface area contributed by atoms with Crippen LogP contribution in [0.2, 0.25) is 0 Å². The molecule has 38 heavy (non-hydrogen) atoms. The van der Waals surface area contributed by atoms with Crippen LogP contribution in [0.4, 0.5) is 0 Å². The Morgan fingerprint density at radius 3 is 2.74 bits per heavy atom. The van der Waals surface area contributed by atoms with Gasteiger partial charge in [-0.15, -0.1) is 0 Å². The zero-order valence-electron chi connectivity index (χ0n) is 21.5. The minimum atomic E-state index is 0.224. The van der Waals surface area contributed by atoms with Crippen molar-refractivity contribution in [3.63, 3.8) is 0 Å². The lowest BCUT2D eigenvalue weighted by Crippen LogP contribution is -2.47. The Morgan fingerprint density at radius 2 is 1.92 bits per heavy atom. The maximum absolute atomic E-state index is 13.2. The number of H-pyrrole nitrogens is 1. The number of fused-ring (bicyclic) bond motifs is 3. The van der Waals surface area contributed by atoms with Crippen LogP contribution in [0.3, 0.4) is 0 Å². The predicted octanol–water partition coefficient (Wildman–Crippen LogP) is 4.48. The molecule has 6 rings (SSSR count). The molecule has 1 unspecified atom stereocenters. The minimum absolute atomic E-state index is 0.224. The molecule has 0 aliphatic carbocycles. The summed E-state index contributed by atoms with van der Waals surface area (Å²) in [6.45, 7) is 4.49. The van der Waals surface area contributed by atoms with Crippen LogP contribution in [0.1, 0.15) is 42.7 Å². The van der Waals surface area contributed by atoms with Crippen molar-refractivity contribution in [1.82, 2.24) is 24.8 Å². The number of hydrogen-bond donors (Lipinski definition) is 1. The number of likely N-dealkylation sites (tertiary alicyclic amines) is 2. The molecule has 0 spiro atoms. The third-order valence-electron chi connectivity index (χ3n) is 8.05. The maximum atomic E-state index is 13.2. The molecular formula is C30H32N6O2. The Morgan fingerprint density at radius 1 is 1.08 bits per heavy atom. The average molecular weight is 509 g/mol. The molecular weight excluding hydrogens is 476 g/mol. The van der Waals surface area contributed by atoms with Crippen LogP contribution in [-0.2, 0) is 4.79 Å². The lowest BCUT2D eigenvalue weighted by molar-refractivity contribution is -0.134. The van der Waals surface area contributed by atoms with E-state index < -0.39 is 0 Å². The summed E-state index contributed by atoms with van der Waals surface area (Å²) in [5.74, 6) is 1.78. The van der Waals surface area contributed by atoms with Gasteiger partial charge in [0, 0.05) is 42.2 Å². The van der Waals surface area contributed by atoms with Crippen molar-refractivity contribution in [2.45, 2.75) is 31.6 Å². The van der Waals surface area contributed by atoms with Crippen LogP contribution in [0, 0.1) is 17.2 Å². The zero-order valence-corrected chi connectivity index (χ0v) is 21.5. The van der Waals surface area contributed by atoms with Crippen molar-refractivity contribution in [3.8, 4) is 11.8 Å². The Balaban J connectivity index is 1.03. The van der Waals surface area contributed by atoms with Crippen molar-refractivity contribution < 1.29 is 9.53 Å². The van der Waals surface area contributed by atoms with E-state index in [2.05, 4.69) is 38.1 Å². The second-order valence-electron chi connectivity index (χ2n) is 10.5. The number of pyridine rings is 2. The number of nitriles is 1. The summed E-state index contributed by atoms with van der Waals surface area (Å²) < 4.78 is 5.96. The molecule has 0 radical (unpaired) electrons. The summed E-state index contributed by atoms with van der Waals surface area (Å²) in [5.41, 5.74) is 3.82. The lowest BCUT2D eigenvalue weighted by atomic mass is 9.87. The van der Waals surface area contributed by atoms with E-state index in [4.69, 9.17) is 10.00 Å². The molecule has 8 heteroatoms. The summed E-state index contributed by atoms with van der Waals surface area (Å²) in [6, 6.07) is 13.6. The fourth-order valence-electron chi connectivity index (χ4n) is 5.99. The van der Waals surface area contributed by atoms with Crippen molar-refractivity contribution >= 4 is 27.8 Å². The lowest BCUT2D eigenvalue weighted by Gasteiger charge is -2.36. The van der Waals surface area contributed by atoms with Crippen LogP contribution in [0.25, 0.3) is 21.9 Å². The number of carbonyl (C=O) groups excluding carboxylic acids is 1. The molecule has 1 N–H and O–H groups in total. The number of aromatic nitrogens is 3. The molecule has 5 heterocycles. The van der Waals surface area contributed by atoms with Crippen molar-refractivity contribution in [2.75, 3.05) is 39.3 Å². The van der Waals surface area contributed by atoms with E-state index in [0.717, 1.165) is 74.2 Å². The van der Waals surface area contributed by atoms with Crippen LogP contribution in [-0.4, -0.2) is 70.0 Å². The molecule has 1 amide bonds. The Kier molecular flexibility index (Phi) is 6.93. The van der Waals surface area contributed by atoms with Crippen LogP contribution in [0.5, 0.6) is 5.75 Å². The molecule has 194 valence electrons. The first-order chi connectivity index (χ1) is 18.7. The standard InChI is InChI=1S/C30H32N6O2/c31-16-21-3-5-24(6-4-21)38-20-22-2-1-13-36(18-22)28(37)19-35-14-9-23(10-15-35)25-7-11-32-27-17-34-30-26(29(25)27)8-12-33-30/h3-8,11-12,17,22-23,32H,1-2,9-10,13-15,18-20H2. The van der Waals surface area contributed by atoms with E-state index in [1.54, 1.807) is 12.1 Å². The summed E-state index contributed by atoms with van der Waals surface area (Å²) in [4.78, 5) is 29.7. The number of amides is 1. The van der Waals surface area contributed by atoms with E-state index in [0.29, 0.717) is 30.6 Å². The highest BCUT2D eigenvalue weighted by Crippen LogP contribution is 2.35.